The van der Waals surface area contributed by atoms with Gasteiger partial charge in [0.15, 0.2) is 5.78 Å². The Balaban J connectivity index is 1.99. The van der Waals surface area contributed by atoms with Crippen molar-refractivity contribution in [1.82, 2.24) is 0 Å². The molecule has 1 aromatic carbocycles. The van der Waals surface area contributed by atoms with E-state index in [0.717, 1.165) is 24.2 Å². The van der Waals surface area contributed by atoms with Gasteiger partial charge >= 0.3 is 0 Å². The van der Waals surface area contributed by atoms with Crippen molar-refractivity contribution in [2.24, 2.45) is 5.92 Å². The molecule has 2 rings (SSSR count). The molecule has 3 heteroatoms. The van der Waals surface area contributed by atoms with Crippen LogP contribution in [0.2, 0.25) is 0 Å². The molecule has 86 valence electrons. The number of ketones is 1. The standard InChI is InChI=1S/C13H16O3/c1-16-11-4-2-3-9(7-11)8-12(14)13(15)10-5-6-10/h2-4,7,10,13,15H,5-6,8H2,1H3. The van der Waals surface area contributed by atoms with Crippen molar-refractivity contribution in [2.45, 2.75) is 25.4 Å². The van der Waals surface area contributed by atoms with Crippen molar-refractivity contribution in [3.8, 4) is 5.75 Å². The van der Waals surface area contributed by atoms with E-state index in [-0.39, 0.29) is 18.1 Å². The van der Waals surface area contributed by atoms with Crippen LogP contribution < -0.4 is 4.74 Å². The molecule has 0 spiro atoms. The van der Waals surface area contributed by atoms with E-state index in [1.165, 1.54) is 0 Å². The van der Waals surface area contributed by atoms with Gasteiger partial charge in [-0.25, -0.2) is 0 Å². The van der Waals surface area contributed by atoms with Crippen LogP contribution in [0, 0.1) is 5.92 Å². The van der Waals surface area contributed by atoms with E-state index in [2.05, 4.69) is 0 Å². The highest BCUT2D eigenvalue weighted by molar-refractivity contribution is 5.85. The van der Waals surface area contributed by atoms with Crippen molar-refractivity contribution in [3.05, 3.63) is 29.8 Å². The Labute approximate surface area is 95.0 Å². The van der Waals surface area contributed by atoms with Gasteiger partial charge in [-0.15, -0.1) is 0 Å². The minimum Gasteiger partial charge on any atom is -0.497 e. The van der Waals surface area contributed by atoms with Crippen molar-refractivity contribution >= 4 is 5.78 Å². The highest BCUT2D eigenvalue weighted by atomic mass is 16.5. The van der Waals surface area contributed by atoms with Crippen LogP contribution >= 0.6 is 0 Å². The van der Waals surface area contributed by atoms with Gasteiger partial charge in [-0.2, -0.15) is 0 Å². The summed E-state index contributed by atoms with van der Waals surface area (Å²) in [5.74, 6) is 0.861. The first-order valence-corrected chi connectivity index (χ1v) is 5.54. The van der Waals surface area contributed by atoms with Crippen molar-refractivity contribution in [3.63, 3.8) is 0 Å². The zero-order valence-electron chi connectivity index (χ0n) is 9.35. The van der Waals surface area contributed by atoms with Crippen LogP contribution in [0.3, 0.4) is 0 Å². The van der Waals surface area contributed by atoms with Crippen LogP contribution in [0.4, 0.5) is 0 Å². The summed E-state index contributed by atoms with van der Waals surface area (Å²) < 4.78 is 5.08. The summed E-state index contributed by atoms with van der Waals surface area (Å²) in [6.07, 6.45) is 1.47. The number of rotatable bonds is 5. The van der Waals surface area contributed by atoms with Crippen molar-refractivity contribution < 1.29 is 14.6 Å². The highest BCUT2D eigenvalue weighted by Gasteiger charge is 2.34. The molecule has 1 fully saturated rings. The van der Waals surface area contributed by atoms with Gasteiger partial charge < -0.3 is 9.84 Å². The topological polar surface area (TPSA) is 46.5 Å². The van der Waals surface area contributed by atoms with Gasteiger partial charge in [0.25, 0.3) is 0 Å². The molecule has 0 bridgehead atoms. The fourth-order valence-electron chi connectivity index (χ4n) is 1.76. The van der Waals surface area contributed by atoms with E-state index in [4.69, 9.17) is 4.74 Å². The fraction of sp³-hybridized carbons (Fsp3) is 0.462. The van der Waals surface area contributed by atoms with Crippen LogP contribution in [0.25, 0.3) is 0 Å². The van der Waals surface area contributed by atoms with E-state index in [9.17, 15) is 9.90 Å². The first-order chi connectivity index (χ1) is 7.70. The molecule has 0 amide bonds. The van der Waals surface area contributed by atoms with E-state index < -0.39 is 6.10 Å². The summed E-state index contributed by atoms with van der Waals surface area (Å²) in [4.78, 5) is 11.7. The van der Waals surface area contributed by atoms with E-state index in [0.29, 0.717) is 0 Å². The fourth-order valence-corrected chi connectivity index (χ4v) is 1.76. The Kier molecular flexibility index (Phi) is 3.25. The molecule has 0 aromatic heterocycles. The smallest absolute Gasteiger partial charge is 0.165 e. The SMILES string of the molecule is COc1cccc(CC(=O)C(O)C2CC2)c1. The van der Waals surface area contributed by atoms with E-state index in [1.807, 2.05) is 24.3 Å². The summed E-state index contributed by atoms with van der Waals surface area (Å²) in [6, 6.07) is 7.40. The Morgan fingerprint density at radius 3 is 2.94 bits per heavy atom. The minimum atomic E-state index is -0.772. The Bertz CT molecular complexity index is 383. The number of ether oxygens (including phenoxy) is 1. The van der Waals surface area contributed by atoms with Crippen LogP contribution in [-0.4, -0.2) is 24.1 Å². The third kappa shape index (κ3) is 2.61. The number of methoxy groups -OCH3 is 1. The van der Waals surface area contributed by atoms with E-state index in [1.54, 1.807) is 7.11 Å². The average molecular weight is 220 g/mol. The van der Waals surface area contributed by atoms with Crippen molar-refractivity contribution in [2.75, 3.05) is 7.11 Å². The van der Waals surface area contributed by atoms with Gasteiger partial charge in [0, 0.05) is 6.42 Å². The summed E-state index contributed by atoms with van der Waals surface area (Å²) >= 11 is 0. The van der Waals surface area contributed by atoms with Crippen LogP contribution in [0.15, 0.2) is 24.3 Å². The number of hydrogen-bond acceptors (Lipinski definition) is 3. The minimum absolute atomic E-state index is 0.0873. The maximum Gasteiger partial charge on any atom is 0.165 e. The van der Waals surface area contributed by atoms with Crippen LogP contribution in [-0.2, 0) is 11.2 Å². The molecular weight excluding hydrogens is 204 g/mol. The van der Waals surface area contributed by atoms with E-state index >= 15 is 0 Å². The molecule has 1 aliphatic carbocycles. The quantitative estimate of drug-likeness (QED) is 0.819. The normalized spacial score (nSPS) is 16.9. The highest BCUT2D eigenvalue weighted by Crippen LogP contribution is 2.33. The van der Waals surface area contributed by atoms with Crippen LogP contribution in [0.1, 0.15) is 18.4 Å². The third-order valence-corrected chi connectivity index (χ3v) is 2.91. The predicted molar refractivity (Wildman–Crippen MR) is 60.4 cm³/mol. The molecule has 1 saturated carbocycles. The summed E-state index contributed by atoms with van der Waals surface area (Å²) in [7, 11) is 1.60. The first-order valence-electron chi connectivity index (χ1n) is 5.54. The number of aliphatic hydroxyl groups is 1. The lowest BCUT2D eigenvalue weighted by molar-refractivity contribution is -0.127. The maximum absolute atomic E-state index is 11.7. The molecule has 16 heavy (non-hydrogen) atoms. The lowest BCUT2D eigenvalue weighted by atomic mass is 10.0. The average Bonchev–Trinajstić information content (AvgIpc) is 3.12. The molecule has 0 saturated heterocycles. The second-order valence-corrected chi connectivity index (χ2v) is 4.28. The molecule has 0 heterocycles. The van der Waals surface area contributed by atoms with Gasteiger partial charge in [0.2, 0.25) is 0 Å². The number of aliphatic hydroxyl groups excluding tert-OH is 1. The van der Waals surface area contributed by atoms with Crippen LogP contribution in [0.5, 0.6) is 5.75 Å². The summed E-state index contributed by atoms with van der Waals surface area (Å²) in [5, 5.41) is 9.66. The Morgan fingerprint density at radius 2 is 2.31 bits per heavy atom. The second kappa shape index (κ2) is 4.66. The van der Waals surface area contributed by atoms with Crippen molar-refractivity contribution in [1.29, 1.82) is 0 Å². The lowest BCUT2D eigenvalue weighted by Crippen LogP contribution is -2.24. The monoisotopic (exact) mass is 220 g/mol. The molecule has 1 N–H and O–H groups in total. The number of carbonyl (C=O) groups is 1. The molecule has 1 atom stereocenters. The molecule has 3 nitrogen and oxygen atoms in total. The number of Topliss-reactive ketones (excluding diaryl/α,β-unsaturated/α-hetero) is 1. The molecule has 1 aliphatic rings. The molecule has 1 unspecified atom stereocenters. The molecule has 0 aliphatic heterocycles. The van der Waals surface area contributed by atoms with Gasteiger partial charge in [-0.3, -0.25) is 4.79 Å². The van der Waals surface area contributed by atoms with Gasteiger partial charge in [0.05, 0.1) is 7.11 Å². The number of hydrogen-bond donors (Lipinski definition) is 1. The largest absolute Gasteiger partial charge is 0.497 e. The summed E-state index contributed by atoms with van der Waals surface area (Å²) in [6.45, 7) is 0. The maximum atomic E-state index is 11.7. The Hall–Kier alpha value is -1.35. The predicted octanol–water partition coefficient (Wildman–Crippen LogP) is 1.58. The zero-order valence-corrected chi connectivity index (χ0v) is 9.35. The van der Waals surface area contributed by atoms with Gasteiger partial charge in [0.1, 0.15) is 11.9 Å². The van der Waals surface area contributed by atoms with Gasteiger partial charge in [-0.05, 0) is 36.5 Å². The number of benzene rings is 1. The zero-order chi connectivity index (χ0) is 11.5. The lowest BCUT2D eigenvalue weighted by Gasteiger charge is -2.08. The first kappa shape index (κ1) is 11.1. The summed E-state index contributed by atoms with van der Waals surface area (Å²) in [5.41, 5.74) is 0.893. The molecule has 1 aromatic rings. The third-order valence-electron chi connectivity index (χ3n) is 2.91. The second-order valence-electron chi connectivity index (χ2n) is 4.28. The van der Waals surface area contributed by atoms with Gasteiger partial charge in [-0.1, -0.05) is 12.1 Å². The Morgan fingerprint density at radius 1 is 1.56 bits per heavy atom. The molecule has 0 radical (unpaired) electrons. The number of carbonyl (C=O) groups excluding carboxylic acids is 1. The molecular formula is C13H16O3.